The van der Waals surface area contributed by atoms with E-state index in [4.69, 9.17) is 5.73 Å². The fourth-order valence-electron chi connectivity index (χ4n) is 2.46. The predicted molar refractivity (Wildman–Crippen MR) is 98.8 cm³/mol. The van der Waals surface area contributed by atoms with Gasteiger partial charge in [-0.15, -0.1) is 0 Å². The quantitative estimate of drug-likeness (QED) is 0.525. The highest BCUT2D eigenvalue weighted by molar-refractivity contribution is 6.08. The SMILES string of the molecule is NCCCC[C@H](Nc1ccccc1C(=O)Nc1ccccc1)C(=O)O. The van der Waals surface area contributed by atoms with Crippen LogP contribution >= 0.6 is 0 Å². The fourth-order valence-corrected chi connectivity index (χ4v) is 2.46. The van der Waals surface area contributed by atoms with Gasteiger partial charge in [0.15, 0.2) is 0 Å². The zero-order chi connectivity index (χ0) is 18.1. The van der Waals surface area contributed by atoms with Gasteiger partial charge in [-0.05, 0) is 50.1 Å². The van der Waals surface area contributed by atoms with Gasteiger partial charge < -0.3 is 21.5 Å². The lowest BCUT2D eigenvalue weighted by atomic mass is 10.1. The Hall–Kier alpha value is -2.86. The second-order valence-corrected chi connectivity index (χ2v) is 5.69. The molecule has 0 heterocycles. The van der Waals surface area contributed by atoms with Gasteiger partial charge in [-0.2, -0.15) is 0 Å². The number of nitrogens with two attached hydrogens (primary N) is 1. The summed E-state index contributed by atoms with van der Waals surface area (Å²) >= 11 is 0. The number of carbonyl (C=O) groups excluding carboxylic acids is 1. The lowest BCUT2D eigenvalue weighted by Crippen LogP contribution is -2.30. The predicted octanol–water partition coefficient (Wildman–Crippen LogP) is 2.93. The first-order valence-corrected chi connectivity index (χ1v) is 8.26. The van der Waals surface area contributed by atoms with Gasteiger partial charge in [0.1, 0.15) is 6.04 Å². The van der Waals surface area contributed by atoms with Gasteiger partial charge in [-0.25, -0.2) is 4.79 Å². The van der Waals surface area contributed by atoms with Crippen molar-refractivity contribution < 1.29 is 14.7 Å². The number of carbonyl (C=O) groups is 2. The molecule has 1 amide bonds. The van der Waals surface area contributed by atoms with Crippen LogP contribution in [-0.2, 0) is 4.79 Å². The van der Waals surface area contributed by atoms with E-state index in [0.29, 0.717) is 36.3 Å². The Balaban J connectivity index is 2.13. The van der Waals surface area contributed by atoms with E-state index in [1.807, 2.05) is 18.2 Å². The highest BCUT2D eigenvalue weighted by atomic mass is 16.4. The largest absolute Gasteiger partial charge is 0.480 e. The third-order valence-electron chi connectivity index (χ3n) is 3.78. The van der Waals surface area contributed by atoms with E-state index in [1.165, 1.54) is 0 Å². The summed E-state index contributed by atoms with van der Waals surface area (Å²) in [5, 5.41) is 15.2. The van der Waals surface area contributed by atoms with Crippen molar-refractivity contribution in [3.05, 3.63) is 60.2 Å². The van der Waals surface area contributed by atoms with Gasteiger partial charge >= 0.3 is 5.97 Å². The molecule has 0 spiro atoms. The number of benzene rings is 2. The van der Waals surface area contributed by atoms with Crippen molar-refractivity contribution in [1.29, 1.82) is 0 Å². The molecule has 0 unspecified atom stereocenters. The van der Waals surface area contributed by atoms with Crippen molar-refractivity contribution in [2.45, 2.75) is 25.3 Å². The topological polar surface area (TPSA) is 104 Å². The molecule has 0 aliphatic rings. The summed E-state index contributed by atoms with van der Waals surface area (Å²) in [6.07, 6.45) is 1.92. The van der Waals surface area contributed by atoms with Gasteiger partial charge in [0.2, 0.25) is 0 Å². The summed E-state index contributed by atoms with van der Waals surface area (Å²) in [7, 11) is 0. The van der Waals surface area contributed by atoms with Crippen LogP contribution in [0.4, 0.5) is 11.4 Å². The molecule has 0 bridgehead atoms. The number of carboxylic acid groups (broad SMARTS) is 1. The summed E-state index contributed by atoms with van der Waals surface area (Å²) in [6, 6.07) is 15.2. The summed E-state index contributed by atoms with van der Waals surface area (Å²) in [5.41, 5.74) is 7.04. The smallest absolute Gasteiger partial charge is 0.326 e. The summed E-state index contributed by atoms with van der Waals surface area (Å²) in [4.78, 5) is 24.0. The minimum atomic E-state index is -0.949. The number of hydrogen-bond donors (Lipinski definition) is 4. The van der Waals surface area contributed by atoms with E-state index in [-0.39, 0.29) is 5.91 Å². The minimum Gasteiger partial charge on any atom is -0.480 e. The maximum absolute atomic E-state index is 12.5. The zero-order valence-corrected chi connectivity index (χ0v) is 13.9. The Bertz CT molecular complexity index is 704. The first-order valence-electron chi connectivity index (χ1n) is 8.26. The maximum atomic E-state index is 12.5. The van der Waals surface area contributed by atoms with E-state index in [2.05, 4.69) is 10.6 Å². The van der Waals surface area contributed by atoms with Crippen LogP contribution in [-0.4, -0.2) is 29.6 Å². The lowest BCUT2D eigenvalue weighted by molar-refractivity contribution is -0.138. The molecular weight excluding hydrogens is 318 g/mol. The standard InChI is InChI=1S/C19H23N3O3/c20-13-7-6-12-17(19(24)25)22-16-11-5-4-10-15(16)18(23)21-14-8-2-1-3-9-14/h1-5,8-11,17,22H,6-7,12-13,20H2,(H,21,23)(H,24,25)/t17-/m0/s1. The van der Waals surface area contributed by atoms with Crippen molar-refractivity contribution in [2.24, 2.45) is 5.73 Å². The van der Waals surface area contributed by atoms with Gasteiger partial charge in [-0.3, -0.25) is 4.79 Å². The molecule has 0 aliphatic heterocycles. The Morgan fingerprint density at radius 1 is 1.00 bits per heavy atom. The average Bonchev–Trinajstić information content (AvgIpc) is 2.62. The van der Waals surface area contributed by atoms with E-state index in [1.54, 1.807) is 36.4 Å². The molecule has 25 heavy (non-hydrogen) atoms. The molecule has 0 saturated heterocycles. The van der Waals surface area contributed by atoms with Crippen molar-refractivity contribution in [2.75, 3.05) is 17.2 Å². The van der Waals surface area contributed by atoms with Gasteiger partial charge in [0.25, 0.3) is 5.91 Å². The third-order valence-corrected chi connectivity index (χ3v) is 3.78. The van der Waals surface area contributed by atoms with Crippen LogP contribution in [0.15, 0.2) is 54.6 Å². The molecule has 5 N–H and O–H groups in total. The van der Waals surface area contributed by atoms with E-state index in [0.717, 1.165) is 6.42 Å². The molecule has 6 heteroatoms. The second kappa shape index (κ2) is 9.44. The Morgan fingerprint density at radius 3 is 2.36 bits per heavy atom. The molecule has 0 saturated carbocycles. The Labute approximate surface area is 147 Å². The summed E-state index contributed by atoms with van der Waals surface area (Å²) in [6.45, 7) is 0.530. The number of hydrogen-bond acceptors (Lipinski definition) is 4. The summed E-state index contributed by atoms with van der Waals surface area (Å²) < 4.78 is 0. The molecule has 0 aromatic heterocycles. The first kappa shape index (κ1) is 18.5. The number of para-hydroxylation sites is 2. The molecule has 2 rings (SSSR count). The van der Waals surface area contributed by atoms with Gasteiger partial charge in [-0.1, -0.05) is 30.3 Å². The number of nitrogens with one attached hydrogen (secondary N) is 2. The molecule has 2 aromatic rings. The maximum Gasteiger partial charge on any atom is 0.326 e. The van der Waals surface area contributed by atoms with Crippen molar-refractivity contribution in [3.63, 3.8) is 0 Å². The van der Waals surface area contributed by atoms with E-state index >= 15 is 0 Å². The normalized spacial score (nSPS) is 11.6. The van der Waals surface area contributed by atoms with Crippen molar-refractivity contribution in [3.8, 4) is 0 Å². The van der Waals surface area contributed by atoms with Crippen molar-refractivity contribution >= 4 is 23.3 Å². The first-order chi connectivity index (χ1) is 12.1. The molecule has 0 fully saturated rings. The number of unbranched alkanes of at least 4 members (excludes halogenated alkanes) is 1. The van der Waals surface area contributed by atoms with Crippen LogP contribution in [0.25, 0.3) is 0 Å². The van der Waals surface area contributed by atoms with Crippen LogP contribution < -0.4 is 16.4 Å². The van der Waals surface area contributed by atoms with Crippen LogP contribution in [0, 0.1) is 0 Å². The third kappa shape index (κ3) is 5.61. The Kier molecular flexibility index (Phi) is 6.98. The molecule has 1 atom stereocenters. The van der Waals surface area contributed by atoms with Crippen LogP contribution in [0.1, 0.15) is 29.6 Å². The van der Waals surface area contributed by atoms with Gasteiger partial charge in [0.05, 0.1) is 5.56 Å². The van der Waals surface area contributed by atoms with Crippen LogP contribution in [0.5, 0.6) is 0 Å². The monoisotopic (exact) mass is 341 g/mol. The van der Waals surface area contributed by atoms with Gasteiger partial charge in [0, 0.05) is 11.4 Å². The van der Waals surface area contributed by atoms with Crippen LogP contribution in [0.2, 0.25) is 0 Å². The zero-order valence-electron chi connectivity index (χ0n) is 13.9. The molecular formula is C19H23N3O3. The number of anilines is 2. The fraction of sp³-hybridized carbons (Fsp3) is 0.263. The molecule has 0 radical (unpaired) electrons. The molecule has 132 valence electrons. The summed E-state index contributed by atoms with van der Waals surface area (Å²) in [5.74, 6) is -1.24. The number of amides is 1. The van der Waals surface area contributed by atoms with Crippen molar-refractivity contribution in [1.82, 2.24) is 0 Å². The highest BCUT2D eigenvalue weighted by Gasteiger charge is 2.19. The lowest BCUT2D eigenvalue weighted by Gasteiger charge is -2.18. The van der Waals surface area contributed by atoms with E-state index < -0.39 is 12.0 Å². The highest BCUT2D eigenvalue weighted by Crippen LogP contribution is 2.19. The molecule has 6 nitrogen and oxygen atoms in total. The second-order valence-electron chi connectivity index (χ2n) is 5.69. The minimum absolute atomic E-state index is 0.291. The Morgan fingerprint density at radius 2 is 1.68 bits per heavy atom. The average molecular weight is 341 g/mol. The number of carboxylic acids is 1. The van der Waals surface area contributed by atoms with E-state index in [9.17, 15) is 14.7 Å². The molecule has 2 aromatic carbocycles. The van der Waals surface area contributed by atoms with Crippen LogP contribution in [0.3, 0.4) is 0 Å². The number of rotatable bonds is 9. The molecule has 0 aliphatic carbocycles. The number of aliphatic carboxylic acids is 1.